The van der Waals surface area contributed by atoms with Gasteiger partial charge in [0.2, 0.25) is 0 Å². The average molecular weight is 344 g/mol. The van der Waals surface area contributed by atoms with Crippen molar-refractivity contribution in [1.29, 1.82) is 0 Å². The normalized spacial score (nSPS) is 18.7. The molecule has 1 aromatic heterocycles. The summed E-state index contributed by atoms with van der Waals surface area (Å²) >= 11 is 0. The monoisotopic (exact) mass is 344 g/mol. The van der Waals surface area contributed by atoms with Crippen molar-refractivity contribution in [2.24, 2.45) is 5.92 Å². The van der Waals surface area contributed by atoms with E-state index in [1.807, 2.05) is 18.2 Å². The first kappa shape index (κ1) is 17.8. The van der Waals surface area contributed by atoms with Gasteiger partial charge in [-0.05, 0) is 67.4 Å². The number of benzene rings is 1. The van der Waals surface area contributed by atoms with E-state index in [4.69, 9.17) is 0 Å². The summed E-state index contributed by atoms with van der Waals surface area (Å²) in [5, 5.41) is 4.21. The fourth-order valence-electron chi connectivity index (χ4n) is 3.86. The van der Waals surface area contributed by atoms with Gasteiger partial charge < -0.3 is 0 Å². The summed E-state index contributed by atoms with van der Waals surface area (Å²) in [6.45, 7) is 7.09. The van der Waals surface area contributed by atoms with Gasteiger partial charge in [-0.3, -0.25) is 0 Å². The third-order valence-corrected chi connectivity index (χ3v) is 5.15. The Morgan fingerprint density at radius 2 is 2.08 bits per heavy atom. The molecule has 1 unspecified atom stereocenters. The highest BCUT2D eigenvalue weighted by Gasteiger charge is 2.32. The summed E-state index contributed by atoms with van der Waals surface area (Å²) in [4.78, 5) is 0. The number of allylic oxidation sites excluding steroid dienone is 2. The Kier molecular flexibility index (Phi) is 4.81. The van der Waals surface area contributed by atoms with Crippen molar-refractivity contribution in [3.63, 3.8) is 0 Å². The van der Waals surface area contributed by atoms with Gasteiger partial charge in [0.25, 0.3) is 5.92 Å². The number of alkyl halides is 2. The predicted molar refractivity (Wildman–Crippen MR) is 98.1 cm³/mol. The zero-order valence-electron chi connectivity index (χ0n) is 15.4. The molecule has 0 fully saturated rings. The Bertz CT molecular complexity index is 796. The number of hydrogen-bond acceptors (Lipinski definition) is 1. The molecule has 1 aliphatic rings. The van der Waals surface area contributed by atoms with Crippen molar-refractivity contribution >= 4 is 5.57 Å². The Morgan fingerprint density at radius 3 is 2.76 bits per heavy atom. The fraction of sp³-hybridized carbons (Fsp3) is 0.476. The minimum Gasteiger partial charge on any atom is -0.231 e. The summed E-state index contributed by atoms with van der Waals surface area (Å²) in [6.07, 6.45) is 5.99. The molecular weight excluding hydrogens is 318 g/mol. The van der Waals surface area contributed by atoms with Crippen LogP contribution in [0.4, 0.5) is 8.78 Å². The van der Waals surface area contributed by atoms with Crippen LogP contribution >= 0.6 is 0 Å². The second-order valence-corrected chi connectivity index (χ2v) is 7.31. The third kappa shape index (κ3) is 3.53. The molecule has 0 amide bonds. The van der Waals surface area contributed by atoms with Crippen LogP contribution in [0, 0.1) is 12.8 Å². The smallest absolute Gasteiger partial charge is 0.231 e. The van der Waals surface area contributed by atoms with Crippen LogP contribution in [0.1, 0.15) is 63.3 Å². The Balaban J connectivity index is 2.08. The topological polar surface area (TPSA) is 17.8 Å². The second kappa shape index (κ2) is 6.74. The molecule has 2 aromatic rings. The van der Waals surface area contributed by atoms with E-state index in [2.05, 4.69) is 25.0 Å². The van der Waals surface area contributed by atoms with Crippen molar-refractivity contribution in [1.82, 2.24) is 9.78 Å². The number of aromatic nitrogens is 2. The summed E-state index contributed by atoms with van der Waals surface area (Å²) in [6, 6.07) is 7.89. The highest BCUT2D eigenvalue weighted by atomic mass is 19.3. The second-order valence-electron chi connectivity index (χ2n) is 7.31. The van der Waals surface area contributed by atoms with E-state index in [-0.39, 0.29) is 5.69 Å². The van der Waals surface area contributed by atoms with Crippen molar-refractivity contribution in [3.8, 4) is 5.69 Å². The lowest BCUT2D eigenvalue weighted by Crippen LogP contribution is -2.16. The lowest BCUT2D eigenvalue weighted by Gasteiger charge is -2.25. The average Bonchev–Trinajstić information content (AvgIpc) is 2.97. The summed E-state index contributed by atoms with van der Waals surface area (Å²) < 4.78 is 29.5. The zero-order valence-corrected chi connectivity index (χ0v) is 15.4. The molecule has 0 bridgehead atoms. The van der Waals surface area contributed by atoms with Crippen LogP contribution in [0.2, 0.25) is 0 Å². The molecule has 0 radical (unpaired) electrons. The maximum Gasteiger partial charge on any atom is 0.287 e. The van der Waals surface area contributed by atoms with Gasteiger partial charge in [-0.15, -0.1) is 0 Å². The quantitative estimate of drug-likeness (QED) is 0.638. The molecule has 1 heterocycles. The first-order valence-corrected chi connectivity index (χ1v) is 9.06. The van der Waals surface area contributed by atoms with E-state index < -0.39 is 5.92 Å². The first-order chi connectivity index (χ1) is 11.8. The Labute approximate surface area is 148 Å². The molecule has 0 saturated carbocycles. The molecule has 1 aliphatic carbocycles. The van der Waals surface area contributed by atoms with Crippen LogP contribution in [0.25, 0.3) is 11.3 Å². The van der Waals surface area contributed by atoms with E-state index in [0.717, 1.165) is 31.7 Å². The van der Waals surface area contributed by atoms with Gasteiger partial charge in [0, 0.05) is 6.92 Å². The van der Waals surface area contributed by atoms with Crippen LogP contribution < -0.4 is 0 Å². The highest BCUT2D eigenvalue weighted by molar-refractivity contribution is 5.71. The molecule has 0 aliphatic heterocycles. The first-order valence-electron chi connectivity index (χ1n) is 9.06. The molecule has 0 N–H and O–H groups in total. The van der Waals surface area contributed by atoms with Gasteiger partial charge in [-0.25, -0.2) is 4.68 Å². The summed E-state index contributed by atoms with van der Waals surface area (Å²) in [7, 11) is 0. The van der Waals surface area contributed by atoms with E-state index in [1.165, 1.54) is 28.4 Å². The van der Waals surface area contributed by atoms with Gasteiger partial charge in [-0.2, -0.15) is 13.9 Å². The number of halogens is 2. The molecule has 1 atom stereocenters. The van der Waals surface area contributed by atoms with Crippen molar-refractivity contribution < 1.29 is 8.78 Å². The fourth-order valence-corrected chi connectivity index (χ4v) is 3.86. The minimum atomic E-state index is -2.93. The standard InChI is InChI=1S/C21H26F2N2/c1-5-16-10-9-14(2)11-19(16)17-7-6-8-18(12-17)25-20(21(4,22)23)15(3)13-24-25/h6-8,12-14H,5,9-11H2,1-4H3. The van der Waals surface area contributed by atoms with Crippen molar-refractivity contribution in [3.05, 3.63) is 52.9 Å². The number of rotatable bonds is 4. The molecule has 0 spiro atoms. The van der Waals surface area contributed by atoms with Gasteiger partial charge in [-0.1, -0.05) is 31.6 Å². The van der Waals surface area contributed by atoms with Crippen LogP contribution in [-0.2, 0) is 5.92 Å². The van der Waals surface area contributed by atoms with Gasteiger partial charge >= 0.3 is 0 Å². The number of nitrogens with zero attached hydrogens (tertiary/aromatic N) is 2. The predicted octanol–water partition coefficient (Wildman–Crippen LogP) is 6.28. The van der Waals surface area contributed by atoms with Crippen molar-refractivity contribution in [2.45, 2.75) is 59.3 Å². The zero-order chi connectivity index (χ0) is 18.2. The maximum atomic E-state index is 14.0. The van der Waals surface area contributed by atoms with Crippen molar-refractivity contribution in [2.75, 3.05) is 0 Å². The molecule has 1 aromatic carbocycles. The Hall–Kier alpha value is -1.97. The molecule has 2 nitrogen and oxygen atoms in total. The molecule has 4 heteroatoms. The van der Waals surface area contributed by atoms with Crippen LogP contribution in [0.15, 0.2) is 36.0 Å². The largest absolute Gasteiger partial charge is 0.287 e. The molecular formula is C21H26F2N2. The van der Waals surface area contributed by atoms with Gasteiger partial charge in [0.1, 0.15) is 5.69 Å². The third-order valence-electron chi connectivity index (χ3n) is 5.15. The van der Waals surface area contributed by atoms with Crippen LogP contribution in [0.3, 0.4) is 0 Å². The molecule has 0 saturated heterocycles. The lowest BCUT2D eigenvalue weighted by atomic mass is 9.81. The van der Waals surface area contributed by atoms with Gasteiger partial charge in [0.15, 0.2) is 0 Å². The SMILES string of the molecule is CCC1=C(c2cccc(-n3ncc(C)c3C(C)(F)F)c2)CC(C)CC1. The molecule has 134 valence electrons. The summed E-state index contributed by atoms with van der Waals surface area (Å²) in [5.74, 6) is -2.26. The minimum absolute atomic E-state index is 0.0358. The maximum absolute atomic E-state index is 14.0. The van der Waals surface area contributed by atoms with E-state index in [1.54, 1.807) is 6.92 Å². The van der Waals surface area contributed by atoms with E-state index in [9.17, 15) is 8.78 Å². The lowest BCUT2D eigenvalue weighted by molar-refractivity contribution is 0.00960. The van der Waals surface area contributed by atoms with E-state index in [0.29, 0.717) is 17.2 Å². The number of hydrogen-bond donors (Lipinski definition) is 0. The Morgan fingerprint density at radius 1 is 1.32 bits per heavy atom. The molecule has 3 rings (SSSR count). The highest BCUT2D eigenvalue weighted by Crippen LogP contribution is 2.38. The molecule has 25 heavy (non-hydrogen) atoms. The van der Waals surface area contributed by atoms with Gasteiger partial charge in [0.05, 0.1) is 11.9 Å². The number of aryl methyl sites for hydroxylation is 1. The van der Waals surface area contributed by atoms with E-state index >= 15 is 0 Å². The van der Waals surface area contributed by atoms with Crippen LogP contribution in [0.5, 0.6) is 0 Å². The van der Waals surface area contributed by atoms with Crippen LogP contribution in [-0.4, -0.2) is 9.78 Å². The summed E-state index contributed by atoms with van der Waals surface area (Å²) in [5.41, 5.74) is 5.19.